The largest absolute Gasteiger partial charge is 0.352 e. The van der Waals surface area contributed by atoms with Crippen LogP contribution in [0.15, 0.2) is 65.1 Å². The van der Waals surface area contributed by atoms with Gasteiger partial charge >= 0.3 is 0 Å². The second-order valence-corrected chi connectivity index (χ2v) is 6.94. The lowest BCUT2D eigenvalue weighted by molar-refractivity contribution is 0.0954. The molecule has 1 aliphatic heterocycles. The van der Waals surface area contributed by atoms with Crippen LogP contribution in [-0.4, -0.2) is 23.1 Å². The Labute approximate surface area is 170 Å². The summed E-state index contributed by atoms with van der Waals surface area (Å²) in [7, 11) is 0. The zero-order chi connectivity index (χ0) is 20.8. The monoisotopic (exact) mass is 383 g/mol. The van der Waals surface area contributed by atoms with Crippen LogP contribution in [0, 0.1) is 28.6 Å². The highest BCUT2D eigenvalue weighted by Crippen LogP contribution is 2.38. The average Bonchev–Trinajstić information content (AvgIpc) is 2.74. The Morgan fingerprint density at radius 3 is 2.62 bits per heavy atom. The number of aromatic nitrogens is 1. The number of carbonyl (C=O) groups is 1. The van der Waals surface area contributed by atoms with E-state index in [1.807, 2.05) is 18.2 Å². The number of nitrogens with one attached hydrogen (secondary N) is 1. The van der Waals surface area contributed by atoms with Crippen molar-refractivity contribution in [3.8, 4) is 12.1 Å². The molecule has 2 unspecified atom stereocenters. The normalized spacial score (nSPS) is 18.4. The van der Waals surface area contributed by atoms with Crippen molar-refractivity contribution in [2.75, 3.05) is 6.54 Å². The third kappa shape index (κ3) is 4.39. The Morgan fingerprint density at radius 2 is 1.93 bits per heavy atom. The van der Waals surface area contributed by atoms with E-state index in [4.69, 9.17) is 0 Å². The fourth-order valence-corrected chi connectivity index (χ4v) is 3.55. The van der Waals surface area contributed by atoms with Crippen LogP contribution < -0.4 is 5.32 Å². The summed E-state index contributed by atoms with van der Waals surface area (Å²) in [6.45, 7) is 4.08. The first kappa shape index (κ1) is 20.0. The van der Waals surface area contributed by atoms with Gasteiger partial charge in [-0.05, 0) is 55.7 Å². The minimum atomic E-state index is -0.529. The number of rotatable bonds is 5. The number of hydrogen-bond acceptors (Lipinski definition) is 5. The summed E-state index contributed by atoms with van der Waals surface area (Å²) in [4.78, 5) is 21.0. The number of nitrogens with zero attached hydrogens (tertiary/aromatic N) is 4. The van der Waals surface area contributed by atoms with E-state index in [0.29, 0.717) is 35.5 Å². The maximum absolute atomic E-state index is 12.6. The molecule has 0 fully saturated rings. The molecule has 6 nitrogen and oxygen atoms in total. The van der Waals surface area contributed by atoms with Crippen molar-refractivity contribution >= 4 is 11.6 Å². The van der Waals surface area contributed by atoms with Gasteiger partial charge in [-0.2, -0.15) is 10.5 Å². The molecule has 0 bridgehead atoms. The van der Waals surface area contributed by atoms with Crippen LogP contribution >= 0.6 is 0 Å². The highest BCUT2D eigenvalue weighted by atomic mass is 16.1. The van der Waals surface area contributed by atoms with E-state index in [0.717, 1.165) is 11.1 Å². The number of pyridine rings is 1. The standard InChI is InChI=1S/C23H21N5O/c1-15-20(13-24)22(21(14-25)16(2)28-15)18-4-3-5-19(12-18)23(29)27-11-8-17-6-9-26-10-7-17/h3-7,9-10,12,20,22H,8,11H2,1-2H3,(H,27,29). The van der Waals surface area contributed by atoms with E-state index in [-0.39, 0.29) is 5.91 Å². The lowest BCUT2D eigenvalue weighted by atomic mass is 9.76. The van der Waals surface area contributed by atoms with Crippen LogP contribution in [0.2, 0.25) is 0 Å². The van der Waals surface area contributed by atoms with Gasteiger partial charge in [-0.1, -0.05) is 12.1 Å². The Bertz CT molecular complexity index is 1060. The van der Waals surface area contributed by atoms with Crippen molar-refractivity contribution in [2.24, 2.45) is 10.9 Å². The molecule has 0 aliphatic carbocycles. The molecule has 0 radical (unpaired) electrons. The molecular formula is C23H21N5O. The van der Waals surface area contributed by atoms with Gasteiger partial charge in [0.2, 0.25) is 0 Å². The van der Waals surface area contributed by atoms with Gasteiger partial charge < -0.3 is 5.32 Å². The second-order valence-electron chi connectivity index (χ2n) is 6.94. The Balaban J connectivity index is 1.80. The second kappa shape index (κ2) is 8.95. The molecule has 0 saturated carbocycles. The van der Waals surface area contributed by atoms with Crippen LogP contribution in [0.5, 0.6) is 0 Å². The molecular weight excluding hydrogens is 362 g/mol. The molecule has 29 heavy (non-hydrogen) atoms. The Hall–Kier alpha value is -3.77. The number of allylic oxidation sites excluding steroid dienone is 2. The summed E-state index contributed by atoms with van der Waals surface area (Å²) in [5.41, 5.74) is 4.14. The van der Waals surface area contributed by atoms with Crippen molar-refractivity contribution in [3.63, 3.8) is 0 Å². The van der Waals surface area contributed by atoms with Gasteiger partial charge in [-0.25, -0.2) is 0 Å². The lowest BCUT2D eigenvalue weighted by Crippen LogP contribution is -2.27. The Kier molecular flexibility index (Phi) is 6.16. The highest BCUT2D eigenvalue weighted by molar-refractivity contribution is 5.95. The third-order valence-electron chi connectivity index (χ3n) is 5.04. The van der Waals surface area contributed by atoms with Crippen molar-refractivity contribution < 1.29 is 4.79 Å². The maximum atomic E-state index is 12.6. The molecule has 2 aromatic rings. The smallest absolute Gasteiger partial charge is 0.251 e. The fourth-order valence-electron chi connectivity index (χ4n) is 3.55. The SMILES string of the molecule is CC1=NC(C)=C(C#N)C(c2cccc(C(=O)NCCc3ccncc3)c2)C1C#N. The number of carbonyl (C=O) groups excluding carboxylic acids is 1. The van der Waals surface area contributed by atoms with E-state index in [1.54, 1.807) is 44.4 Å². The maximum Gasteiger partial charge on any atom is 0.251 e. The number of amides is 1. The molecule has 1 N–H and O–H groups in total. The minimum absolute atomic E-state index is 0.185. The Morgan fingerprint density at radius 1 is 1.17 bits per heavy atom. The van der Waals surface area contributed by atoms with E-state index in [1.165, 1.54) is 0 Å². The summed E-state index contributed by atoms with van der Waals surface area (Å²) in [6.07, 6.45) is 4.16. The van der Waals surface area contributed by atoms with Gasteiger partial charge in [0, 0.05) is 36.1 Å². The van der Waals surface area contributed by atoms with Crippen LogP contribution in [-0.2, 0) is 6.42 Å². The van der Waals surface area contributed by atoms with Gasteiger partial charge in [0.1, 0.15) is 0 Å². The van der Waals surface area contributed by atoms with E-state index >= 15 is 0 Å². The number of aliphatic imine (C=N–C) groups is 1. The summed E-state index contributed by atoms with van der Waals surface area (Å²) in [6, 6.07) is 15.4. The number of benzene rings is 1. The van der Waals surface area contributed by atoms with Gasteiger partial charge in [-0.15, -0.1) is 0 Å². The number of hydrogen-bond donors (Lipinski definition) is 1. The predicted molar refractivity (Wildman–Crippen MR) is 110 cm³/mol. The van der Waals surface area contributed by atoms with Gasteiger partial charge in [0.25, 0.3) is 5.91 Å². The molecule has 144 valence electrons. The molecule has 0 spiro atoms. The van der Waals surface area contributed by atoms with Crippen molar-refractivity contribution in [1.82, 2.24) is 10.3 Å². The van der Waals surface area contributed by atoms with Crippen molar-refractivity contribution in [3.05, 3.63) is 76.8 Å². The highest BCUT2D eigenvalue weighted by Gasteiger charge is 2.34. The third-order valence-corrected chi connectivity index (χ3v) is 5.04. The molecule has 2 atom stereocenters. The lowest BCUT2D eigenvalue weighted by Gasteiger charge is -2.27. The summed E-state index contributed by atoms with van der Waals surface area (Å²) in [5, 5.41) is 22.2. The summed E-state index contributed by atoms with van der Waals surface area (Å²) in [5.74, 6) is -1.14. The average molecular weight is 383 g/mol. The molecule has 1 aliphatic rings. The first-order chi connectivity index (χ1) is 14.0. The molecule has 2 heterocycles. The van der Waals surface area contributed by atoms with Crippen LogP contribution in [0.4, 0.5) is 0 Å². The van der Waals surface area contributed by atoms with Crippen molar-refractivity contribution in [2.45, 2.75) is 26.2 Å². The van der Waals surface area contributed by atoms with E-state index < -0.39 is 11.8 Å². The van der Waals surface area contributed by atoms with Gasteiger partial charge in [-0.3, -0.25) is 14.8 Å². The molecule has 1 aromatic carbocycles. The van der Waals surface area contributed by atoms with E-state index in [9.17, 15) is 15.3 Å². The van der Waals surface area contributed by atoms with E-state index in [2.05, 4.69) is 27.4 Å². The predicted octanol–water partition coefficient (Wildman–Crippen LogP) is 3.55. The zero-order valence-electron chi connectivity index (χ0n) is 16.4. The van der Waals surface area contributed by atoms with Crippen LogP contribution in [0.1, 0.15) is 41.3 Å². The zero-order valence-corrected chi connectivity index (χ0v) is 16.4. The topological polar surface area (TPSA) is 102 Å². The first-order valence-corrected chi connectivity index (χ1v) is 9.38. The van der Waals surface area contributed by atoms with Gasteiger partial charge in [0.05, 0.1) is 29.3 Å². The van der Waals surface area contributed by atoms with Crippen LogP contribution in [0.25, 0.3) is 0 Å². The minimum Gasteiger partial charge on any atom is -0.352 e. The van der Waals surface area contributed by atoms with Crippen molar-refractivity contribution in [1.29, 1.82) is 10.5 Å². The molecule has 6 heteroatoms. The molecule has 1 aromatic heterocycles. The van der Waals surface area contributed by atoms with Crippen LogP contribution in [0.3, 0.4) is 0 Å². The number of nitriles is 2. The van der Waals surface area contributed by atoms with Gasteiger partial charge in [0.15, 0.2) is 0 Å². The first-order valence-electron chi connectivity index (χ1n) is 9.38. The quantitative estimate of drug-likeness (QED) is 0.853. The molecule has 0 saturated heterocycles. The summed E-state index contributed by atoms with van der Waals surface area (Å²) < 4.78 is 0. The molecule has 1 amide bonds. The fraction of sp³-hybridized carbons (Fsp3) is 0.261. The summed E-state index contributed by atoms with van der Waals surface area (Å²) >= 11 is 0. The molecule has 3 rings (SSSR count).